The number of fused-ring (bicyclic) bond motifs is 1. The normalized spacial score (nSPS) is 33.5. The average molecular weight is 536 g/mol. The number of carbonyl (C=O) groups excluding carboxylic acids is 2. The van der Waals surface area contributed by atoms with Crippen LogP contribution in [0.3, 0.4) is 0 Å². The number of carbonyl (C=O) groups is 2. The lowest BCUT2D eigenvalue weighted by molar-refractivity contribution is -0.129. The summed E-state index contributed by atoms with van der Waals surface area (Å²) in [6.45, 7) is 8.10. The number of alkyl halides is 2. The van der Waals surface area contributed by atoms with Crippen molar-refractivity contribution in [3.63, 3.8) is 0 Å². The molecule has 8 nitrogen and oxygen atoms in total. The van der Waals surface area contributed by atoms with E-state index in [4.69, 9.17) is 9.72 Å². The molecule has 0 radical (unpaired) electrons. The van der Waals surface area contributed by atoms with Crippen LogP contribution in [0.25, 0.3) is 0 Å². The summed E-state index contributed by atoms with van der Waals surface area (Å²) >= 11 is 0. The van der Waals surface area contributed by atoms with Gasteiger partial charge >= 0.3 is 6.03 Å². The number of hydrogen-bond donors (Lipinski definition) is 2. The number of piperidine rings is 1. The van der Waals surface area contributed by atoms with Crippen molar-refractivity contribution in [2.45, 2.75) is 103 Å². The largest absolute Gasteiger partial charge is 0.373 e. The lowest BCUT2D eigenvalue weighted by atomic mass is 9.64. The number of likely N-dealkylation sites (tertiary alicyclic amines) is 1. The van der Waals surface area contributed by atoms with Crippen molar-refractivity contribution in [2.24, 2.45) is 16.7 Å². The van der Waals surface area contributed by atoms with Crippen LogP contribution in [0.15, 0.2) is 6.20 Å². The molecule has 3 aliphatic heterocycles. The number of methoxy groups -OCH3 is 1. The highest BCUT2D eigenvalue weighted by atomic mass is 19.2. The van der Waals surface area contributed by atoms with Gasteiger partial charge in [0.25, 0.3) is 0 Å². The molecule has 10 heteroatoms. The molecule has 1 saturated carbocycles. The monoisotopic (exact) mass is 535 g/mol. The third kappa shape index (κ3) is 4.60. The number of ether oxygens (including phenoxy) is 1. The van der Waals surface area contributed by atoms with Crippen LogP contribution in [0.5, 0.6) is 0 Å². The lowest BCUT2D eigenvalue weighted by Crippen LogP contribution is -2.50. The molecule has 2 N–H and O–H groups in total. The molecule has 38 heavy (non-hydrogen) atoms. The number of nitrogens with zero attached hydrogens (tertiary/aromatic N) is 3. The zero-order valence-electron chi connectivity index (χ0n) is 23.2. The number of imidazole rings is 1. The van der Waals surface area contributed by atoms with Gasteiger partial charge in [-0.05, 0) is 71.1 Å². The number of hydrogen-bond acceptors (Lipinski definition) is 4. The number of urea groups is 1. The van der Waals surface area contributed by atoms with Crippen molar-refractivity contribution in [1.29, 1.82) is 0 Å². The van der Waals surface area contributed by atoms with Gasteiger partial charge in [0.05, 0.1) is 23.3 Å². The van der Waals surface area contributed by atoms with E-state index in [1.807, 2.05) is 20.8 Å². The third-order valence-corrected chi connectivity index (χ3v) is 10.3. The van der Waals surface area contributed by atoms with E-state index < -0.39 is 23.4 Å². The highest BCUT2D eigenvalue weighted by molar-refractivity contribution is 5.85. The second-order valence-electron chi connectivity index (χ2n) is 12.7. The predicted octanol–water partition coefficient (Wildman–Crippen LogP) is 4.39. The van der Waals surface area contributed by atoms with E-state index in [0.717, 1.165) is 17.9 Å². The molecule has 3 amide bonds. The minimum Gasteiger partial charge on any atom is -0.373 e. The highest BCUT2D eigenvalue weighted by Crippen LogP contribution is 2.49. The van der Waals surface area contributed by atoms with Crippen LogP contribution < -0.4 is 10.6 Å². The van der Waals surface area contributed by atoms with Gasteiger partial charge in [0.15, 0.2) is 0 Å². The predicted molar refractivity (Wildman–Crippen MR) is 139 cm³/mol. The maximum absolute atomic E-state index is 15.4. The van der Waals surface area contributed by atoms with E-state index in [1.54, 1.807) is 18.2 Å². The average Bonchev–Trinajstić information content (AvgIpc) is 3.43. The topological polar surface area (TPSA) is 88.5 Å². The van der Waals surface area contributed by atoms with Crippen molar-refractivity contribution in [1.82, 2.24) is 25.1 Å². The standard InChI is InChI=1S/C28H43F2N5O3/c1-26(2,38-4)21-16-32-23-20(33-25(37)34-14-11-28(12-15-34)10-13-31-24(28)36)8-7-18(17-35(21)23)27(3)9-5-6-19(29)22(27)30/h16,18-20,22H,5-15,17H2,1-4H3,(H,31,36)(H,33,37)/t18-,19?,20-,22?,27?/m1/s1. The van der Waals surface area contributed by atoms with Gasteiger partial charge in [-0.15, -0.1) is 0 Å². The van der Waals surface area contributed by atoms with Crippen molar-refractivity contribution in [3.8, 4) is 0 Å². The first kappa shape index (κ1) is 27.3. The number of amides is 3. The molecule has 4 aliphatic rings. The van der Waals surface area contributed by atoms with Crippen LogP contribution in [0.2, 0.25) is 0 Å². The van der Waals surface area contributed by atoms with Crippen molar-refractivity contribution < 1.29 is 23.1 Å². The summed E-state index contributed by atoms with van der Waals surface area (Å²) in [6.07, 6.45) is 3.87. The Hall–Kier alpha value is -2.23. The summed E-state index contributed by atoms with van der Waals surface area (Å²) in [5.74, 6) is 0.741. The molecule has 1 spiro atoms. The van der Waals surface area contributed by atoms with E-state index in [2.05, 4.69) is 15.2 Å². The molecule has 3 unspecified atom stereocenters. The fraction of sp³-hybridized carbons (Fsp3) is 0.821. The zero-order chi connectivity index (χ0) is 27.3. The second kappa shape index (κ2) is 10.1. The zero-order valence-corrected chi connectivity index (χ0v) is 23.2. The van der Waals surface area contributed by atoms with Gasteiger partial charge in [-0.1, -0.05) is 6.92 Å². The Labute approximate surface area is 224 Å². The molecule has 3 fully saturated rings. The maximum atomic E-state index is 15.4. The molecule has 2 saturated heterocycles. The van der Waals surface area contributed by atoms with Crippen molar-refractivity contribution in [3.05, 3.63) is 17.7 Å². The molecule has 5 rings (SSSR count). The molecular weight excluding hydrogens is 492 g/mol. The maximum Gasteiger partial charge on any atom is 0.317 e. The molecule has 1 aromatic heterocycles. The fourth-order valence-electron chi connectivity index (χ4n) is 7.30. The molecular formula is C28H43F2N5O3. The summed E-state index contributed by atoms with van der Waals surface area (Å²) in [4.78, 5) is 32.3. The smallest absolute Gasteiger partial charge is 0.317 e. The van der Waals surface area contributed by atoms with Crippen LogP contribution in [0, 0.1) is 16.7 Å². The highest BCUT2D eigenvalue weighted by Gasteiger charge is 2.50. The minimum atomic E-state index is -1.51. The van der Waals surface area contributed by atoms with Crippen molar-refractivity contribution >= 4 is 11.9 Å². The van der Waals surface area contributed by atoms with Crippen molar-refractivity contribution in [2.75, 3.05) is 26.7 Å². The van der Waals surface area contributed by atoms with E-state index in [1.165, 1.54) is 0 Å². The van der Waals surface area contributed by atoms with E-state index >= 15 is 4.39 Å². The first-order chi connectivity index (χ1) is 18.0. The van der Waals surface area contributed by atoms with E-state index in [9.17, 15) is 14.0 Å². The molecule has 1 aliphatic carbocycles. The first-order valence-electron chi connectivity index (χ1n) is 14.2. The second-order valence-corrected chi connectivity index (χ2v) is 12.7. The van der Waals surface area contributed by atoms with E-state index in [0.29, 0.717) is 64.7 Å². The van der Waals surface area contributed by atoms with Gasteiger partial charge in [0.2, 0.25) is 5.91 Å². The van der Waals surface area contributed by atoms with Gasteiger partial charge in [-0.25, -0.2) is 18.6 Å². The Morgan fingerprint density at radius 1 is 1.18 bits per heavy atom. The summed E-state index contributed by atoms with van der Waals surface area (Å²) < 4.78 is 37.9. The van der Waals surface area contributed by atoms with Crippen LogP contribution in [0.1, 0.15) is 89.7 Å². The van der Waals surface area contributed by atoms with Crippen LogP contribution in [-0.4, -0.2) is 65.5 Å². The van der Waals surface area contributed by atoms with Gasteiger partial charge in [-0.3, -0.25) is 4.79 Å². The summed E-state index contributed by atoms with van der Waals surface area (Å²) in [6, 6.07) is -0.522. The van der Waals surface area contributed by atoms with Crippen LogP contribution in [0.4, 0.5) is 13.6 Å². The summed E-state index contributed by atoms with van der Waals surface area (Å²) in [5.41, 5.74) is -0.894. The number of nitrogens with one attached hydrogen (secondary N) is 2. The van der Waals surface area contributed by atoms with Gasteiger partial charge < -0.3 is 24.8 Å². The summed E-state index contributed by atoms with van der Waals surface area (Å²) in [7, 11) is 1.65. The Morgan fingerprint density at radius 2 is 1.92 bits per heavy atom. The Kier molecular flexibility index (Phi) is 7.24. The lowest BCUT2D eigenvalue weighted by Gasteiger charge is -2.44. The van der Waals surface area contributed by atoms with Gasteiger partial charge in [0.1, 0.15) is 23.8 Å². The van der Waals surface area contributed by atoms with Crippen LogP contribution in [-0.2, 0) is 21.7 Å². The Morgan fingerprint density at radius 3 is 2.58 bits per heavy atom. The van der Waals surface area contributed by atoms with E-state index in [-0.39, 0.29) is 35.7 Å². The Balaban J connectivity index is 1.38. The van der Waals surface area contributed by atoms with Crippen LogP contribution >= 0.6 is 0 Å². The molecule has 0 bridgehead atoms. The number of rotatable bonds is 4. The third-order valence-electron chi connectivity index (χ3n) is 10.3. The summed E-state index contributed by atoms with van der Waals surface area (Å²) in [5, 5.41) is 6.15. The molecule has 0 aromatic carbocycles. The van der Waals surface area contributed by atoms with Gasteiger partial charge in [-0.2, -0.15) is 0 Å². The fourth-order valence-corrected chi connectivity index (χ4v) is 7.30. The molecule has 1 aromatic rings. The molecule has 5 atom stereocenters. The Bertz CT molecular complexity index is 1050. The molecule has 212 valence electrons. The minimum absolute atomic E-state index is 0.104. The SMILES string of the molecule is COC(C)(C)c1cnc2n1C[C@H](C1(C)CCCC(F)C1F)CC[C@H]2NC(=O)N1CCC2(CCNC2=O)CC1. The number of halogens is 2. The quantitative estimate of drug-likeness (QED) is 0.599. The molecule has 4 heterocycles. The first-order valence-corrected chi connectivity index (χ1v) is 14.2. The number of aromatic nitrogens is 2. The van der Waals surface area contributed by atoms with Gasteiger partial charge in [0, 0.05) is 38.7 Å².